The molecule has 5 fully saturated rings. The second kappa shape index (κ2) is 8.34. The van der Waals surface area contributed by atoms with E-state index >= 15 is 0 Å². The highest BCUT2D eigenvalue weighted by Gasteiger charge is 2.91. The third-order valence-corrected chi connectivity index (χ3v) is 15.2. The number of allylic oxidation sites excluding steroid dienone is 2. The molecule has 1 heterocycles. The summed E-state index contributed by atoms with van der Waals surface area (Å²) in [5.74, 6) is 0. The maximum absolute atomic E-state index is 10.2. The number of likely N-dealkylation sites (tertiary alicyclic amines) is 1. The molecular formula is C35H59NO. The molecule has 5 aliphatic carbocycles. The Balaban J connectivity index is 1.35. The van der Waals surface area contributed by atoms with E-state index in [1.165, 1.54) is 110 Å². The molecule has 0 amide bonds. The molecule has 0 radical (unpaired) electrons. The fourth-order valence-corrected chi connectivity index (χ4v) is 12.7. The van der Waals surface area contributed by atoms with E-state index < -0.39 is 0 Å². The van der Waals surface area contributed by atoms with Gasteiger partial charge in [-0.05, 0) is 161 Å². The first-order valence-corrected chi connectivity index (χ1v) is 16.4. The van der Waals surface area contributed by atoms with Crippen LogP contribution in [-0.2, 0) is 0 Å². The lowest BCUT2D eigenvalue weighted by Crippen LogP contribution is -2.54. The van der Waals surface area contributed by atoms with Crippen LogP contribution < -0.4 is 0 Å². The van der Waals surface area contributed by atoms with Gasteiger partial charge < -0.3 is 10.0 Å². The highest BCUT2D eigenvalue weighted by Crippen LogP contribution is 2.97. The van der Waals surface area contributed by atoms with Crippen LogP contribution in [-0.4, -0.2) is 35.7 Å². The SMILES string of the molecule is CC(O)CCC1(C)C2(C)CCC3(C)C12CCC1=C2CC(C)(C)CCC2(CCCN2CCCC2)CC[C@]13C. The van der Waals surface area contributed by atoms with E-state index in [0.29, 0.717) is 37.9 Å². The third kappa shape index (κ3) is 3.30. The van der Waals surface area contributed by atoms with Gasteiger partial charge in [-0.2, -0.15) is 0 Å². The highest BCUT2D eigenvalue weighted by molar-refractivity contribution is 5.46. The zero-order valence-corrected chi connectivity index (χ0v) is 25.7. The molecule has 4 saturated carbocycles. The molecule has 1 N–H and O–H groups in total. The molecule has 1 spiro atoms. The largest absolute Gasteiger partial charge is 0.393 e. The van der Waals surface area contributed by atoms with Crippen molar-refractivity contribution in [3.63, 3.8) is 0 Å². The molecule has 0 aromatic rings. The Hall–Kier alpha value is -0.340. The van der Waals surface area contributed by atoms with Gasteiger partial charge in [-0.1, -0.05) is 52.7 Å². The quantitative estimate of drug-likeness (QED) is 0.346. The summed E-state index contributed by atoms with van der Waals surface area (Å²) in [5, 5.41) is 10.2. The lowest BCUT2D eigenvalue weighted by molar-refractivity contribution is -0.0604. The first-order chi connectivity index (χ1) is 17.3. The molecule has 1 aliphatic heterocycles. The highest BCUT2D eigenvalue weighted by atomic mass is 16.3. The average Bonchev–Trinajstić information content (AvgIpc) is 3.24. The molecule has 2 heteroatoms. The second-order valence-corrected chi connectivity index (χ2v) is 16.9. The first-order valence-electron chi connectivity index (χ1n) is 16.4. The third-order valence-electron chi connectivity index (χ3n) is 15.2. The van der Waals surface area contributed by atoms with E-state index in [9.17, 15) is 5.11 Å². The summed E-state index contributed by atoms with van der Waals surface area (Å²) in [4.78, 5) is 2.75. The predicted molar refractivity (Wildman–Crippen MR) is 155 cm³/mol. The van der Waals surface area contributed by atoms with Crippen LogP contribution in [0.15, 0.2) is 11.1 Å². The number of aliphatic hydroxyl groups is 1. The van der Waals surface area contributed by atoms with Crippen LogP contribution in [0.1, 0.15) is 145 Å². The fourth-order valence-electron chi connectivity index (χ4n) is 12.7. The van der Waals surface area contributed by atoms with Crippen LogP contribution in [0.25, 0.3) is 0 Å². The number of fused-ring (bicyclic) bond motifs is 3. The summed E-state index contributed by atoms with van der Waals surface area (Å²) in [6, 6.07) is 0. The standard InChI is InChI=1S/C35H59NO/c1-26(37)11-14-32(6)33(7)19-18-31(5)30(4)17-21-34(13-10-24-36-22-8-9-23-36)20-16-29(2,3)25-28(34)27(30)12-15-35(31,32)33/h26,37H,8-25H2,1-7H3/t26?,30-,31?,32?,33?,34?,35?/m1/s1. The summed E-state index contributed by atoms with van der Waals surface area (Å²) in [6.07, 6.45) is 20.4. The van der Waals surface area contributed by atoms with Crippen LogP contribution in [0.5, 0.6) is 0 Å². The van der Waals surface area contributed by atoms with Crippen molar-refractivity contribution in [3.8, 4) is 0 Å². The van der Waals surface area contributed by atoms with Crippen molar-refractivity contribution in [3.05, 3.63) is 11.1 Å². The van der Waals surface area contributed by atoms with Crippen LogP contribution in [0, 0.1) is 37.9 Å². The molecule has 1 saturated heterocycles. The Morgan fingerprint density at radius 1 is 0.784 bits per heavy atom. The van der Waals surface area contributed by atoms with Gasteiger partial charge >= 0.3 is 0 Å². The minimum Gasteiger partial charge on any atom is -0.393 e. The summed E-state index contributed by atoms with van der Waals surface area (Å²) < 4.78 is 0. The van der Waals surface area contributed by atoms with Crippen molar-refractivity contribution in [2.45, 2.75) is 151 Å². The summed E-state index contributed by atoms with van der Waals surface area (Å²) in [7, 11) is 0. The van der Waals surface area contributed by atoms with E-state index in [1.807, 2.05) is 18.1 Å². The minimum absolute atomic E-state index is 0.165. The number of rotatable bonds is 7. The number of aliphatic hydroxyl groups excluding tert-OH is 1. The van der Waals surface area contributed by atoms with Gasteiger partial charge in [0, 0.05) is 0 Å². The normalized spacial score (nSPS) is 49.3. The topological polar surface area (TPSA) is 23.5 Å². The monoisotopic (exact) mass is 509 g/mol. The zero-order chi connectivity index (χ0) is 26.5. The molecule has 37 heavy (non-hydrogen) atoms. The van der Waals surface area contributed by atoms with Crippen molar-refractivity contribution >= 4 is 0 Å². The number of hydrogen-bond donors (Lipinski definition) is 1. The molecule has 6 rings (SSSR count). The maximum atomic E-state index is 10.2. The smallest absolute Gasteiger partial charge is 0.0512 e. The fraction of sp³-hybridized carbons (Fsp3) is 0.943. The summed E-state index contributed by atoms with van der Waals surface area (Å²) >= 11 is 0. The molecule has 7 atom stereocenters. The lowest BCUT2D eigenvalue weighted by Gasteiger charge is -2.63. The van der Waals surface area contributed by atoms with Gasteiger partial charge in [0.1, 0.15) is 0 Å². The van der Waals surface area contributed by atoms with Gasteiger partial charge in [0.15, 0.2) is 0 Å². The Morgan fingerprint density at radius 3 is 2.16 bits per heavy atom. The van der Waals surface area contributed by atoms with Crippen molar-refractivity contribution in [2.24, 2.45) is 37.9 Å². The van der Waals surface area contributed by atoms with Crippen LogP contribution in [0.3, 0.4) is 0 Å². The van der Waals surface area contributed by atoms with Crippen LogP contribution in [0.2, 0.25) is 0 Å². The number of nitrogens with zero attached hydrogens (tertiary/aromatic N) is 1. The molecule has 0 aromatic heterocycles. The zero-order valence-electron chi connectivity index (χ0n) is 25.7. The van der Waals surface area contributed by atoms with Crippen LogP contribution >= 0.6 is 0 Å². The molecule has 210 valence electrons. The van der Waals surface area contributed by atoms with Crippen molar-refractivity contribution in [1.82, 2.24) is 4.90 Å². The predicted octanol–water partition coefficient (Wildman–Crippen LogP) is 8.92. The van der Waals surface area contributed by atoms with Gasteiger partial charge in [-0.3, -0.25) is 0 Å². The van der Waals surface area contributed by atoms with Gasteiger partial charge in [0.05, 0.1) is 6.10 Å². The second-order valence-electron chi connectivity index (χ2n) is 16.9. The van der Waals surface area contributed by atoms with Gasteiger partial charge in [0.2, 0.25) is 0 Å². The van der Waals surface area contributed by atoms with Gasteiger partial charge in [-0.15, -0.1) is 0 Å². The molecule has 6 aliphatic rings. The number of hydrogen-bond acceptors (Lipinski definition) is 2. The first kappa shape index (κ1) is 26.9. The van der Waals surface area contributed by atoms with E-state index in [4.69, 9.17) is 0 Å². The summed E-state index contributed by atoms with van der Waals surface area (Å²) in [6.45, 7) is 22.0. The maximum Gasteiger partial charge on any atom is 0.0512 e. The van der Waals surface area contributed by atoms with Gasteiger partial charge in [0.25, 0.3) is 0 Å². The Bertz CT molecular complexity index is 958. The van der Waals surface area contributed by atoms with Gasteiger partial charge in [-0.25, -0.2) is 0 Å². The molecular weight excluding hydrogens is 450 g/mol. The van der Waals surface area contributed by atoms with Crippen molar-refractivity contribution in [1.29, 1.82) is 0 Å². The Kier molecular flexibility index (Phi) is 6.06. The minimum atomic E-state index is -0.165. The average molecular weight is 510 g/mol. The summed E-state index contributed by atoms with van der Waals surface area (Å²) in [5.41, 5.74) is 7.04. The van der Waals surface area contributed by atoms with E-state index in [-0.39, 0.29) is 6.10 Å². The van der Waals surface area contributed by atoms with E-state index in [2.05, 4.69) is 46.4 Å². The molecule has 0 aromatic carbocycles. The Morgan fingerprint density at radius 2 is 1.46 bits per heavy atom. The molecule has 2 nitrogen and oxygen atoms in total. The Labute approximate surface area is 229 Å². The molecule has 0 bridgehead atoms. The van der Waals surface area contributed by atoms with Crippen molar-refractivity contribution in [2.75, 3.05) is 19.6 Å². The van der Waals surface area contributed by atoms with Crippen LogP contribution in [0.4, 0.5) is 0 Å². The van der Waals surface area contributed by atoms with Crippen molar-refractivity contribution < 1.29 is 5.11 Å². The van der Waals surface area contributed by atoms with E-state index in [0.717, 1.165) is 6.42 Å². The lowest BCUT2D eigenvalue weighted by atomic mass is 9.41. The molecule has 6 unspecified atom stereocenters. The van der Waals surface area contributed by atoms with E-state index in [1.54, 1.807) is 0 Å².